The van der Waals surface area contributed by atoms with Gasteiger partial charge in [-0.25, -0.2) is 4.79 Å². The Kier molecular flexibility index (Phi) is 5.55. The van der Waals surface area contributed by atoms with Gasteiger partial charge in [-0.05, 0) is 53.8 Å². The summed E-state index contributed by atoms with van der Waals surface area (Å²) in [6.07, 6.45) is -3.67. The maximum Gasteiger partial charge on any atom is 0.416 e. The summed E-state index contributed by atoms with van der Waals surface area (Å²) in [5.41, 5.74) is 1.65. The van der Waals surface area contributed by atoms with Crippen LogP contribution in [0.2, 0.25) is 0 Å². The number of methoxy groups -OCH3 is 1. The number of ether oxygens (including phenoxy) is 1. The van der Waals surface area contributed by atoms with Crippen molar-refractivity contribution < 1.29 is 22.3 Å². The summed E-state index contributed by atoms with van der Waals surface area (Å²) >= 11 is 0. The third kappa shape index (κ3) is 4.33. The number of hydrogen-bond acceptors (Lipinski definition) is 3. The van der Waals surface area contributed by atoms with Crippen molar-refractivity contribution in [2.24, 2.45) is 0 Å². The molecule has 0 saturated carbocycles. The fourth-order valence-electron chi connectivity index (χ4n) is 3.70. The topological polar surface area (TPSA) is 39.4 Å². The fourth-order valence-corrected chi connectivity index (χ4v) is 3.70. The monoisotopic (exact) mass is 424 g/mol. The highest BCUT2D eigenvalue weighted by molar-refractivity contribution is 5.87. The summed E-state index contributed by atoms with van der Waals surface area (Å²) < 4.78 is 49.9. The van der Waals surface area contributed by atoms with Gasteiger partial charge in [0.05, 0.1) is 18.2 Å². The van der Waals surface area contributed by atoms with Gasteiger partial charge in [-0.15, -0.1) is 0 Å². The molecule has 1 heterocycles. The largest absolute Gasteiger partial charge is 0.497 e. The van der Waals surface area contributed by atoms with Gasteiger partial charge < -0.3 is 9.15 Å². The zero-order valence-corrected chi connectivity index (χ0v) is 16.7. The Morgan fingerprint density at radius 1 is 0.903 bits per heavy atom. The normalized spacial score (nSPS) is 11.6. The van der Waals surface area contributed by atoms with Crippen LogP contribution >= 0.6 is 0 Å². The van der Waals surface area contributed by atoms with E-state index in [0.717, 1.165) is 23.1 Å². The van der Waals surface area contributed by atoms with Crippen LogP contribution in [0.3, 0.4) is 0 Å². The van der Waals surface area contributed by atoms with E-state index in [9.17, 15) is 18.0 Å². The molecule has 4 aromatic rings. The van der Waals surface area contributed by atoms with Crippen molar-refractivity contribution in [1.29, 1.82) is 0 Å². The quantitative estimate of drug-likeness (QED) is 0.354. The van der Waals surface area contributed by atoms with Gasteiger partial charge in [0.15, 0.2) is 0 Å². The molecule has 0 aliphatic heterocycles. The Balaban J connectivity index is 1.79. The van der Waals surface area contributed by atoms with Crippen molar-refractivity contribution in [2.45, 2.75) is 19.0 Å². The number of halogens is 3. The lowest BCUT2D eigenvalue weighted by atomic mass is 9.93. The lowest BCUT2D eigenvalue weighted by Gasteiger charge is -2.13. The van der Waals surface area contributed by atoms with Gasteiger partial charge in [-0.2, -0.15) is 13.2 Å². The molecule has 0 fully saturated rings. The van der Waals surface area contributed by atoms with E-state index in [1.807, 2.05) is 12.1 Å². The number of fused-ring (bicyclic) bond motifs is 1. The molecule has 0 saturated heterocycles. The third-order valence-corrected chi connectivity index (χ3v) is 5.22. The highest BCUT2D eigenvalue weighted by Crippen LogP contribution is 2.32. The Labute approximate surface area is 176 Å². The van der Waals surface area contributed by atoms with E-state index in [4.69, 9.17) is 9.15 Å². The van der Waals surface area contributed by atoms with Crippen LogP contribution in [0.4, 0.5) is 13.2 Å². The molecule has 0 aliphatic carbocycles. The SMILES string of the molecule is COc1ccc(-c2c(CCc3cccc(C(F)(F)F)c3)c3ccccc3oc2=O)cc1. The van der Waals surface area contributed by atoms with Crippen LogP contribution in [-0.4, -0.2) is 7.11 Å². The van der Waals surface area contributed by atoms with E-state index >= 15 is 0 Å². The molecule has 0 bridgehead atoms. The third-order valence-electron chi connectivity index (χ3n) is 5.22. The van der Waals surface area contributed by atoms with Gasteiger partial charge in [0.1, 0.15) is 11.3 Å². The van der Waals surface area contributed by atoms with E-state index in [1.54, 1.807) is 49.6 Å². The minimum atomic E-state index is -4.40. The minimum absolute atomic E-state index is 0.348. The summed E-state index contributed by atoms with van der Waals surface area (Å²) in [5, 5.41) is 0.764. The second kappa shape index (κ2) is 8.30. The van der Waals surface area contributed by atoms with E-state index in [2.05, 4.69) is 0 Å². The smallest absolute Gasteiger partial charge is 0.416 e. The van der Waals surface area contributed by atoms with Gasteiger partial charge >= 0.3 is 11.8 Å². The number of hydrogen-bond donors (Lipinski definition) is 0. The first-order valence-corrected chi connectivity index (χ1v) is 9.72. The van der Waals surface area contributed by atoms with Gasteiger partial charge in [0, 0.05) is 5.39 Å². The molecule has 6 heteroatoms. The Morgan fingerprint density at radius 3 is 2.35 bits per heavy atom. The van der Waals surface area contributed by atoms with Crippen molar-refractivity contribution in [3.05, 3.63) is 99.9 Å². The zero-order valence-electron chi connectivity index (χ0n) is 16.7. The van der Waals surface area contributed by atoms with E-state index in [0.29, 0.717) is 40.9 Å². The van der Waals surface area contributed by atoms with Crippen LogP contribution in [0.5, 0.6) is 5.75 Å². The summed E-state index contributed by atoms with van der Waals surface area (Å²) in [6.45, 7) is 0. The van der Waals surface area contributed by atoms with E-state index in [1.165, 1.54) is 6.07 Å². The van der Waals surface area contributed by atoms with Crippen LogP contribution in [0.15, 0.2) is 82.0 Å². The first kappa shape index (κ1) is 20.7. The average Bonchev–Trinajstić information content (AvgIpc) is 2.77. The molecule has 0 spiro atoms. The highest BCUT2D eigenvalue weighted by Gasteiger charge is 2.30. The van der Waals surface area contributed by atoms with Crippen LogP contribution in [0.1, 0.15) is 16.7 Å². The van der Waals surface area contributed by atoms with Crippen molar-refractivity contribution in [2.75, 3.05) is 7.11 Å². The van der Waals surface area contributed by atoms with Gasteiger partial charge in [-0.1, -0.05) is 48.5 Å². The molecule has 0 radical (unpaired) electrons. The van der Waals surface area contributed by atoms with Crippen molar-refractivity contribution in [1.82, 2.24) is 0 Å². The molecule has 0 amide bonds. The van der Waals surface area contributed by atoms with Gasteiger partial charge in [-0.3, -0.25) is 0 Å². The number of alkyl halides is 3. The summed E-state index contributed by atoms with van der Waals surface area (Å²) in [5.74, 6) is 0.652. The summed E-state index contributed by atoms with van der Waals surface area (Å²) in [7, 11) is 1.56. The molecule has 4 rings (SSSR count). The van der Waals surface area contributed by atoms with Crippen LogP contribution in [0, 0.1) is 0 Å². The lowest BCUT2D eigenvalue weighted by Crippen LogP contribution is -2.09. The summed E-state index contributed by atoms with van der Waals surface area (Å²) in [6, 6.07) is 19.5. The number of aryl methyl sites for hydroxylation is 2. The maximum absolute atomic E-state index is 13.1. The molecule has 0 unspecified atom stereocenters. The predicted octanol–water partition coefficient (Wildman–Crippen LogP) is 6.27. The molecule has 3 aromatic carbocycles. The molecule has 158 valence electrons. The number of benzene rings is 3. The Hall–Kier alpha value is -3.54. The number of para-hydroxylation sites is 1. The maximum atomic E-state index is 13.1. The standard InChI is InChI=1S/C25H19F3O3/c1-30-19-12-10-17(11-13-19)23-21(20-7-2-3-8-22(20)31-24(23)29)14-9-16-5-4-6-18(15-16)25(26,27)28/h2-8,10-13,15H,9,14H2,1H3. The lowest BCUT2D eigenvalue weighted by molar-refractivity contribution is -0.137. The molecular weight excluding hydrogens is 405 g/mol. The van der Waals surface area contributed by atoms with Gasteiger partial charge in [0.2, 0.25) is 0 Å². The first-order chi connectivity index (χ1) is 14.9. The molecule has 1 aromatic heterocycles. The Bertz CT molecular complexity index is 1270. The summed E-state index contributed by atoms with van der Waals surface area (Å²) in [4.78, 5) is 12.9. The van der Waals surface area contributed by atoms with Crippen molar-refractivity contribution in [3.63, 3.8) is 0 Å². The number of rotatable bonds is 5. The predicted molar refractivity (Wildman–Crippen MR) is 113 cm³/mol. The van der Waals surface area contributed by atoms with Crippen molar-refractivity contribution >= 4 is 11.0 Å². The second-order valence-corrected chi connectivity index (χ2v) is 7.17. The zero-order chi connectivity index (χ0) is 22.0. The second-order valence-electron chi connectivity index (χ2n) is 7.17. The molecule has 31 heavy (non-hydrogen) atoms. The fraction of sp³-hybridized carbons (Fsp3) is 0.160. The highest BCUT2D eigenvalue weighted by atomic mass is 19.4. The first-order valence-electron chi connectivity index (χ1n) is 9.72. The molecular formula is C25H19F3O3. The molecule has 0 atom stereocenters. The molecule has 0 aliphatic rings. The van der Waals surface area contributed by atoms with Crippen LogP contribution in [0.25, 0.3) is 22.1 Å². The van der Waals surface area contributed by atoms with Crippen molar-refractivity contribution in [3.8, 4) is 16.9 Å². The molecule has 0 N–H and O–H groups in total. The molecule has 3 nitrogen and oxygen atoms in total. The minimum Gasteiger partial charge on any atom is -0.497 e. The average molecular weight is 424 g/mol. The van der Waals surface area contributed by atoms with Gasteiger partial charge in [0.25, 0.3) is 0 Å². The van der Waals surface area contributed by atoms with E-state index in [-0.39, 0.29) is 0 Å². The van der Waals surface area contributed by atoms with Crippen LogP contribution in [-0.2, 0) is 19.0 Å². The van der Waals surface area contributed by atoms with Crippen LogP contribution < -0.4 is 10.4 Å². The Morgan fingerprint density at radius 2 is 1.65 bits per heavy atom. The van der Waals surface area contributed by atoms with E-state index < -0.39 is 17.4 Å².